The van der Waals surface area contributed by atoms with E-state index in [4.69, 9.17) is 9.90 Å². The Morgan fingerprint density at radius 1 is 1.11 bits per heavy atom. The Morgan fingerprint density at radius 3 is 1.11 bits per heavy atom. The van der Waals surface area contributed by atoms with Crippen molar-refractivity contribution in [3.63, 3.8) is 0 Å². The van der Waals surface area contributed by atoms with Crippen molar-refractivity contribution in [3.05, 3.63) is 0 Å². The van der Waals surface area contributed by atoms with Gasteiger partial charge in [-0.05, 0) is 0 Å². The topological polar surface area (TPSA) is 177 Å². The van der Waals surface area contributed by atoms with Crippen LogP contribution in [-0.2, 0) is 25.2 Å². The van der Waals surface area contributed by atoms with Crippen molar-refractivity contribution < 1.29 is 30.3 Å². The van der Waals surface area contributed by atoms with Gasteiger partial charge in [0.2, 0.25) is 0 Å². The zero-order valence-corrected chi connectivity index (χ0v) is 7.05. The number of carboxylic acids is 1. The second-order valence-electron chi connectivity index (χ2n) is 0.519. The van der Waals surface area contributed by atoms with Crippen LogP contribution in [0.3, 0.4) is 0 Å². The van der Waals surface area contributed by atoms with Crippen molar-refractivity contribution in [1.29, 1.82) is 0 Å². The first kappa shape index (κ1) is 64.5. The number of carbonyl (C=O) groups is 1. The van der Waals surface area contributed by atoms with E-state index in [0.29, 0.717) is 0 Å². The van der Waals surface area contributed by atoms with Crippen LogP contribution in [0.15, 0.2) is 0 Å². The largest absolute Gasteiger partial charge is 0.481 e. The van der Waals surface area contributed by atoms with E-state index >= 15 is 0 Å². The maximum Gasteiger partial charge on any atom is 0.300 e. The summed E-state index contributed by atoms with van der Waals surface area (Å²) in [4.78, 5) is 9.00. The van der Waals surface area contributed by atoms with Crippen LogP contribution < -0.4 is 24.6 Å². The Balaban J connectivity index is -0.00000000450. The first-order valence-corrected chi connectivity index (χ1v) is 0.928. The van der Waals surface area contributed by atoms with E-state index in [2.05, 4.69) is 0 Å². The number of hydrogen-bond acceptors (Lipinski definition) is 5. The molecular weight excluding hydrogens is 218 g/mol. The molecule has 0 unspecified atom stereocenters. The molecule has 0 fully saturated rings. The van der Waals surface area contributed by atoms with Crippen LogP contribution in [0.2, 0.25) is 0 Å². The van der Waals surface area contributed by atoms with Crippen molar-refractivity contribution in [1.82, 2.24) is 24.6 Å². The molecule has 0 saturated carbocycles. The van der Waals surface area contributed by atoms with Gasteiger partial charge in [0, 0.05) is 27.3 Å². The second kappa shape index (κ2) is 43.9. The minimum atomic E-state index is -0.833. The Morgan fingerprint density at radius 2 is 1.11 bits per heavy atom. The molecule has 0 aliphatic carbocycles. The fourth-order valence-electron chi connectivity index (χ4n) is 0. The minimum absolute atomic E-state index is 0. The molecule has 0 saturated heterocycles. The summed E-state index contributed by atoms with van der Waals surface area (Å²) in [7, 11) is 0. The van der Waals surface area contributed by atoms with Crippen LogP contribution in [-0.4, -0.2) is 11.1 Å². The molecule has 0 radical (unpaired) electrons. The van der Waals surface area contributed by atoms with E-state index in [9.17, 15) is 0 Å². The molecule has 0 aliphatic heterocycles. The number of carboxylic acid groups (broad SMARTS) is 1. The van der Waals surface area contributed by atoms with Crippen molar-refractivity contribution >= 4 is 5.97 Å². The van der Waals surface area contributed by atoms with E-state index in [1.807, 2.05) is 0 Å². The van der Waals surface area contributed by atoms with Crippen LogP contribution in [0.5, 0.6) is 0 Å². The van der Waals surface area contributed by atoms with Gasteiger partial charge in [0.05, 0.1) is 0 Å². The standard InChI is InChI=1S/C2H4O2.4H3N.Pd/c1-2(3)4;;;;;/h1H3,(H,3,4);4*1H3;. The minimum Gasteiger partial charge on any atom is -0.481 e. The van der Waals surface area contributed by atoms with E-state index < -0.39 is 5.97 Å². The third kappa shape index (κ3) is 372000. The van der Waals surface area contributed by atoms with Crippen LogP contribution in [0.25, 0.3) is 0 Å². The molecule has 0 atom stereocenters. The number of aliphatic carboxylic acids is 1. The van der Waals surface area contributed by atoms with E-state index in [1.54, 1.807) is 0 Å². The third-order valence-corrected chi connectivity index (χ3v) is 0. The van der Waals surface area contributed by atoms with Crippen LogP contribution in [0.4, 0.5) is 0 Å². The first-order chi connectivity index (χ1) is 1.73. The van der Waals surface area contributed by atoms with Crippen LogP contribution in [0, 0.1) is 0 Å². The predicted molar refractivity (Wildman–Crippen MR) is 33.4 cm³/mol. The van der Waals surface area contributed by atoms with Crippen molar-refractivity contribution in [2.75, 3.05) is 0 Å². The molecule has 0 heterocycles. The van der Waals surface area contributed by atoms with Gasteiger partial charge >= 0.3 is 0 Å². The Hall–Kier alpha value is -0.0277. The summed E-state index contributed by atoms with van der Waals surface area (Å²) in [6.07, 6.45) is 0. The summed E-state index contributed by atoms with van der Waals surface area (Å²) in [6.45, 7) is 1.08. The van der Waals surface area contributed by atoms with Crippen molar-refractivity contribution in [2.24, 2.45) is 0 Å². The zero-order valence-electron chi connectivity index (χ0n) is 5.50. The van der Waals surface area contributed by atoms with Gasteiger partial charge in [-0.3, -0.25) is 4.79 Å². The molecule has 0 spiro atoms. The molecule has 0 rings (SSSR count). The Labute approximate surface area is 68.4 Å². The average molecular weight is 235 g/mol. The molecular formula is C2H16N4O2Pd. The van der Waals surface area contributed by atoms with Gasteiger partial charge in [-0.2, -0.15) is 0 Å². The average Bonchev–Trinajstić information content (AvgIpc) is 0.811. The Bertz CT molecular complexity index is 39.5. The fourth-order valence-corrected chi connectivity index (χ4v) is 0. The molecule has 7 heteroatoms. The number of rotatable bonds is 0. The third-order valence-electron chi connectivity index (χ3n) is 0. The van der Waals surface area contributed by atoms with Crippen LogP contribution in [0.1, 0.15) is 6.92 Å². The van der Waals surface area contributed by atoms with E-state index in [0.717, 1.165) is 6.92 Å². The molecule has 66 valence electrons. The van der Waals surface area contributed by atoms with Crippen molar-refractivity contribution in [3.8, 4) is 0 Å². The summed E-state index contributed by atoms with van der Waals surface area (Å²) < 4.78 is 0. The molecule has 0 aromatic heterocycles. The van der Waals surface area contributed by atoms with E-state index in [-0.39, 0.29) is 45.0 Å². The predicted octanol–water partition coefficient (Wildman–Crippen LogP) is 0.736. The van der Waals surface area contributed by atoms with Crippen molar-refractivity contribution in [2.45, 2.75) is 6.92 Å². The normalized spacial score (nSPS) is 2.78. The summed E-state index contributed by atoms with van der Waals surface area (Å²) >= 11 is 0. The second-order valence-corrected chi connectivity index (χ2v) is 0.519. The zero-order chi connectivity index (χ0) is 3.58. The molecule has 0 bridgehead atoms. The SMILES string of the molecule is CC(=O)O.N.N.N.N.[Pd]. The Kier molecular flexibility index (Phi) is 315. The summed E-state index contributed by atoms with van der Waals surface area (Å²) in [5.41, 5.74) is 0. The molecule has 0 aliphatic rings. The molecule has 9 heavy (non-hydrogen) atoms. The first-order valence-electron chi connectivity index (χ1n) is 0.928. The summed E-state index contributed by atoms with van der Waals surface area (Å²) in [5.74, 6) is -0.833. The van der Waals surface area contributed by atoms with Crippen LogP contribution >= 0.6 is 0 Å². The van der Waals surface area contributed by atoms with Gasteiger partial charge in [-0.15, -0.1) is 0 Å². The maximum absolute atomic E-state index is 9.00. The van der Waals surface area contributed by atoms with Gasteiger partial charge in [0.25, 0.3) is 5.97 Å². The number of hydrogen-bond donors (Lipinski definition) is 5. The van der Waals surface area contributed by atoms with E-state index in [1.165, 1.54) is 0 Å². The van der Waals surface area contributed by atoms with Gasteiger partial charge in [0.15, 0.2) is 0 Å². The fraction of sp³-hybridized carbons (Fsp3) is 0.500. The van der Waals surface area contributed by atoms with Gasteiger partial charge < -0.3 is 29.7 Å². The van der Waals surface area contributed by atoms with Gasteiger partial charge in [-0.1, -0.05) is 0 Å². The monoisotopic (exact) mass is 234 g/mol. The smallest absolute Gasteiger partial charge is 0.300 e. The quantitative estimate of drug-likeness (QED) is 0.386. The summed E-state index contributed by atoms with van der Waals surface area (Å²) in [6, 6.07) is 0. The molecule has 0 aromatic rings. The molecule has 0 aromatic carbocycles. The van der Waals surface area contributed by atoms with Gasteiger partial charge in [-0.25, -0.2) is 0 Å². The van der Waals surface area contributed by atoms with Gasteiger partial charge in [0.1, 0.15) is 0 Å². The molecule has 6 nitrogen and oxygen atoms in total. The molecule has 0 amide bonds. The summed E-state index contributed by atoms with van der Waals surface area (Å²) in [5, 5.41) is 7.42. The maximum atomic E-state index is 9.00. The molecule has 13 N–H and O–H groups in total.